The molecule has 0 radical (unpaired) electrons. The zero-order valence-electron chi connectivity index (χ0n) is 21.0. The van der Waals surface area contributed by atoms with E-state index in [2.05, 4.69) is 16.8 Å². The normalized spacial score (nSPS) is 14.6. The van der Waals surface area contributed by atoms with Gasteiger partial charge in [0.1, 0.15) is 18.1 Å². The molecule has 0 aromatic rings. The summed E-state index contributed by atoms with van der Waals surface area (Å²) in [5.74, 6) is -5.78. The molecule has 0 saturated carbocycles. The van der Waals surface area contributed by atoms with Crippen LogP contribution in [0, 0.1) is 0 Å². The van der Waals surface area contributed by atoms with Gasteiger partial charge in [0.05, 0.1) is 13.1 Å². The number of carboxylic acids is 6. The summed E-state index contributed by atoms with van der Waals surface area (Å²) < 4.78 is 0. The van der Waals surface area contributed by atoms with E-state index < -0.39 is 47.9 Å². The van der Waals surface area contributed by atoms with Gasteiger partial charge in [-0.25, -0.2) is 0 Å². The van der Waals surface area contributed by atoms with Crippen LogP contribution in [0.1, 0.15) is 44.9 Å². The third kappa shape index (κ3) is 37.1. The topological polar surface area (TPSA) is 366 Å². The van der Waals surface area contributed by atoms with Crippen molar-refractivity contribution in [2.75, 3.05) is 26.2 Å². The Hall–Kier alpha value is -3.42. The van der Waals surface area contributed by atoms with Crippen molar-refractivity contribution in [3.63, 3.8) is 0 Å². The first-order valence-electron chi connectivity index (χ1n) is 11.3. The van der Waals surface area contributed by atoms with E-state index in [0.717, 1.165) is 32.2 Å². The van der Waals surface area contributed by atoms with Gasteiger partial charge in [0, 0.05) is 6.42 Å². The molecule has 18 heteroatoms. The van der Waals surface area contributed by atoms with Crippen molar-refractivity contribution < 1.29 is 59.4 Å². The summed E-state index contributed by atoms with van der Waals surface area (Å²) >= 11 is 0. The zero-order chi connectivity index (χ0) is 30.7. The van der Waals surface area contributed by atoms with Crippen LogP contribution in [-0.2, 0) is 28.8 Å². The molecule has 18 nitrogen and oxygen atoms in total. The molecule has 3 atom stereocenters. The summed E-state index contributed by atoms with van der Waals surface area (Å²) in [4.78, 5) is 58.6. The fourth-order valence-electron chi connectivity index (χ4n) is 1.93. The third-order valence-electron chi connectivity index (χ3n) is 3.98. The standard InChI is InChI=1S/C6H14N2O2.C5H9NO4.C5H9NO2.2C2H5NO2/c7-4-2-1-3-5(8)6(9)10;6-3(5(9)10)1-2-4(7)8;7-5(8)4-2-1-3-6-4;2*3-1-2(4)5/h5H,1-4,7-8H2,(H,9,10);3H,1-2,6H2,(H,7,8)(H,9,10);4,6H,1-3H2,(H,7,8);2*1,3H2,(H,4,5)/t;;4-;;/m..0../s1. The summed E-state index contributed by atoms with van der Waals surface area (Å²) in [6.45, 7) is 0.906. The molecular weight excluding hydrogens is 516 g/mol. The van der Waals surface area contributed by atoms with Gasteiger partial charge < -0.3 is 64.6 Å². The second kappa shape index (κ2) is 28.2. The maximum atomic E-state index is 10.1. The Morgan fingerprint density at radius 2 is 1.13 bits per heavy atom. The van der Waals surface area contributed by atoms with E-state index in [4.69, 9.17) is 47.8 Å². The number of carbonyl (C=O) groups is 6. The Morgan fingerprint density at radius 3 is 1.37 bits per heavy atom. The largest absolute Gasteiger partial charge is 0.481 e. The molecule has 1 fully saturated rings. The summed E-state index contributed by atoms with van der Waals surface area (Å²) in [6.07, 6.45) is 3.72. The van der Waals surface area contributed by atoms with Crippen LogP contribution < -0.4 is 34.0 Å². The van der Waals surface area contributed by atoms with Gasteiger partial charge in [-0.15, -0.1) is 0 Å². The number of carboxylic acid groups (broad SMARTS) is 6. The van der Waals surface area contributed by atoms with E-state index in [1.807, 2.05) is 0 Å². The fraction of sp³-hybridized carbons (Fsp3) is 0.700. The maximum Gasteiger partial charge on any atom is 0.320 e. The minimum Gasteiger partial charge on any atom is -0.481 e. The Kier molecular flexibility index (Phi) is 30.9. The molecule has 0 aromatic heterocycles. The summed E-state index contributed by atoms with van der Waals surface area (Å²) in [6, 6.07) is -2.04. The van der Waals surface area contributed by atoms with Gasteiger partial charge in [-0.3, -0.25) is 28.8 Å². The van der Waals surface area contributed by atoms with E-state index in [9.17, 15) is 28.8 Å². The predicted octanol–water partition coefficient (Wildman–Crippen LogP) is -3.33. The lowest BCUT2D eigenvalue weighted by Gasteiger charge is -2.03. The highest BCUT2D eigenvalue weighted by Gasteiger charge is 2.20. The molecule has 0 aromatic carbocycles. The Morgan fingerprint density at radius 1 is 0.711 bits per heavy atom. The summed E-state index contributed by atoms with van der Waals surface area (Å²) in [7, 11) is 0. The molecule has 1 heterocycles. The van der Waals surface area contributed by atoms with Crippen molar-refractivity contribution in [1.82, 2.24) is 5.32 Å². The first-order valence-corrected chi connectivity index (χ1v) is 11.3. The zero-order valence-corrected chi connectivity index (χ0v) is 21.0. The number of nitrogens with one attached hydrogen (secondary N) is 1. The summed E-state index contributed by atoms with van der Waals surface area (Å²) in [5, 5.41) is 51.0. The summed E-state index contributed by atoms with van der Waals surface area (Å²) in [5.41, 5.74) is 24.6. The molecule has 0 aliphatic carbocycles. The number of unbranched alkanes of at least 4 members (excludes halogenated alkanes) is 1. The van der Waals surface area contributed by atoms with Crippen molar-refractivity contribution in [2.24, 2.45) is 28.7 Å². The number of hydrogen-bond donors (Lipinski definition) is 12. The average molecular weight is 559 g/mol. The quantitative estimate of drug-likeness (QED) is 0.104. The lowest BCUT2D eigenvalue weighted by atomic mass is 10.1. The molecule has 0 amide bonds. The second-order valence-electron chi connectivity index (χ2n) is 7.29. The van der Waals surface area contributed by atoms with Crippen molar-refractivity contribution in [2.45, 2.75) is 63.1 Å². The lowest BCUT2D eigenvalue weighted by molar-refractivity contribution is -0.141. The Labute approximate surface area is 219 Å². The van der Waals surface area contributed by atoms with Crippen molar-refractivity contribution >= 4 is 35.8 Å². The van der Waals surface area contributed by atoms with E-state index in [1.165, 1.54) is 0 Å². The SMILES string of the molecule is NC(CCC(=O)O)C(=O)O.NCC(=O)O.NCC(=O)O.NCCCCC(N)C(=O)O.O=C(O)[C@@H]1CCCN1. The fourth-order valence-corrected chi connectivity index (χ4v) is 1.93. The molecule has 224 valence electrons. The van der Waals surface area contributed by atoms with E-state index in [1.54, 1.807) is 0 Å². The molecule has 0 bridgehead atoms. The highest BCUT2D eigenvalue weighted by molar-refractivity contribution is 5.75. The highest BCUT2D eigenvalue weighted by atomic mass is 16.4. The Balaban J connectivity index is -0.000000196. The molecule has 38 heavy (non-hydrogen) atoms. The molecule has 2 unspecified atom stereocenters. The van der Waals surface area contributed by atoms with Crippen molar-refractivity contribution in [3.05, 3.63) is 0 Å². The van der Waals surface area contributed by atoms with Crippen molar-refractivity contribution in [1.29, 1.82) is 0 Å². The van der Waals surface area contributed by atoms with Crippen LogP contribution in [-0.4, -0.2) is 111 Å². The molecule has 17 N–H and O–H groups in total. The van der Waals surface area contributed by atoms with Crippen LogP contribution in [0.2, 0.25) is 0 Å². The molecular formula is C20H42N6O12. The number of nitrogens with two attached hydrogens (primary N) is 5. The average Bonchev–Trinajstić information content (AvgIpc) is 3.39. The van der Waals surface area contributed by atoms with Crippen LogP contribution in [0.15, 0.2) is 0 Å². The molecule has 1 saturated heterocycles. The molecule has 1 aliphatic rings. The van der Waals surface area contributed by atoms with Gasteiger partial charge in [0.2, 0.25) is 0 Å². The van der Waals surface area contributed by atoms with Crippen LogP contribution in [0.5, 0.6) is 0 Å². The van der Waals surface area contributed by atoms with E-state index >= 15 is 0 Å². The number of hydrogen-bond acceptors (Lipinski definition) is 12. The lowest BCUT2D eigenvalue weighted by Crippen LogP contribution is -2.30. The second-order valence-corrected chi connectivity index (χ2v) is 7.29. The van der Waals surface area contributed by atoms with Gasteiger partial charge in [0.25, 0.3) is 0 Å². The smallest absolute Gasteiger partial charge is 0.320 e. The minimum atomic E-state index is -1.17. The van der Waals surface area contributed by atoms with Crippen LogP contribution in [0.25, 0.3) is 0 Å². The minimum absolute atomic E-state index is 0.0231. The maximum absolute atomic E-state index is 10.1. The van der Waals surface area contributed by atoms with Gasteiger partial charge in [-0.1, -0.05) is 6.42 Å². The number of aliphatic carboxylic acids is 6. The first-order chi connectivity index (χ1) is 17.6. The van der Waals surface area contributed by atoms with E-state index in [0.29, 0.717) is 13.0 Å². The van der Waals surface area contributed by atoms with Gasteiger partial charge in [-0.05, 0) is 45.2 Å². The van der Waals surface area contributed by atoms with Crippen LogP contribution >= 0.6 is 0 Å². The molecule has 1 aliphatic heterocycles. The van der Waals surface area contributed by atoms with Gasteiger partial charge in [-0.2, -0.15) is 0 Å². The Bertz CT molecular complexity index is 675. The third-order valence-corrected chi connectivity index (χ3v) is 3.98. The molecule has 0 spiro atoms. The van der Waals surface area contributed by atoms with Crippen molar-refractivity contribution in [3.8, 4) is 0 Å². The van der Waals surface area contributed by atoms with Gasteiger partial charge >= 0.3 is 35.8 Å². The predicted molar refractivity (Wildman–Crippen MR) is 133 cm³/mol. The highest BCUT2D eigenvalue weighted by Crippen LogP contribution is 2.03. The first kappa shape index (κ1) is 41.7. The van der Waals surface area contributed by atoms with E-state index in [-0.39, 0.29) is 32.0 Å². The molecule has 1 rings (SSSR count). The number of rotatable bonds is 12. The van der Waals surface area contributed by atoms with Crippen LogP contribution in [0.3, 0.4) is 0 Å². The monoisotopic (exact) mass is 558 g/mol. The van der Waals surface area contributed by atoms with Crippen LogP contribution in [0.4, 0.5) is 0 Å². The van der Waals surface area contributed by atoms with Gasteiger partial charge in [0.15, 0.2) is 0 Å².